The number of rotatable bonds is 5. The highest BCUT2D eigenvalue weighted by molar-refractivity contribution is 7.09. The van der Waals surface area contributed by atoms with Crippen LogP contribution in [0.4, 0.5) is 5.13 Å². The highest BCUT2D eigenvalue weighted by Crippen LogP contribution is 2.27. The molecule has 2 fully saturated rings. The van der Waals surface area contributed by atoms with Crippen LogP contribution in [0, 0.1) is 5.92 Å². The predicted molar refractivity (Wildman–Crippen MR) is 116 cm³/mol. The first-order valence-electron chi connectivity index (χ1n) is 10.7. The van der Waals surface area contributed by atoms with Crippen LogP contribution in [-0.4, -0.2) is 53.5 Å². The first-order chi connectivity index (χ1) is 14.2. The summed E-state index contributed by atoms with van der Waals surface area (Å²) in [5.74, 6) is 2.33. The first-order valence-corrected chi connectivity index (χ1v) is 11.5. The maximum atomic E-state index is 12.9. The minimum Gasteiger partial charge on any atom is -0.497 e. The highest BCUT2D eigenvalue weighted by atomic mass is 32.1. The van der Waals surface area contributed by atoms with Gasteiger partial charge in [0.25, 0.3) is 0 Å². The van der Waals surface area contributed by atoms with Gasteiger partial charge in [-0.3, -0.25) is 4.79 Å². The largest absolute Gasteiger partial charge is 0.497 e. The maximum absolute atomic E-state index is 12.9. The van der Waals surface area contributed by atoms with E-state index in [1.165, 1.54) is 30.8 Å². The Morgan fingerprint density at radius 2 is 2.00 bits per heavy atom. The molecule has 4 rings (SSSR count). The zero-order valence-electron chi connectivity index (χ0n) is 17.2. The molecule has 2 aromatic rings. The van der Waals surface area contributed by atoms with Gasteiger partial charge in [0.05, 0.1) is 7.11 Å². The summed E-state index contributed by atoms with van der Waals surface area (Å²) < 4.78 is 9.87. The minimum absolute atomic E-state index is 0.256. The third-order valence-electron chi connectivity index (χ3n) is 5.99. The van der Waals surface area contributed by atoms with Crippen LogP contribution in [0.5, 0.6) is 5.75 Å². The van der Waals surface area contributed by atoms with E-state index in [-0.39, 0.29) is 5.92 Å². The quantitative estimate of drug-likeness (QED) is 0.746. The number of benzene rings is 1. The van der Waals surface area contributed by atoms with Gasteiger partial charge in [-0.2, -0.15) is 4.37 Å². The maximum Gasteiger partial charge on any atom is 0.225 e. The molecule has 0 spiro atoms. The molecule has 1 saturated carbocycles. The number of anilines is 1. The second-order valence-electron chi connectivity index (χ2n) is 8.02. The van der Waals surface area contributed by atoms with Crippen LogP contribution < -0.4 is 9.64 Å². The first kappa shape index (κ1) is 20.1. The molecule has 1 aromatic heterocycles. The monoisotopic (exact) mass is 414 g/mol. The van der Waals surface area contributed by atoms with E-state index in [0.717, 1.165) is 67.7 Å². The highest BCUT2D eigenvalue weighted by Gasteiger charge is 2.28. The average Bonchev–Trinajstić information content (AvgIpc) is 3.08. The molecule has 29 heavy (non-hydrogen) atoms. The normalized spacial score (nSPS) is 18.5. The van der Waals surface area contributed by atoms with E-state index in [1.807, 2.05) is 18.2 Å². The molecule has 6 nitrogen and oxygen atoms in total. The third kappa shape index (κ3) is 5.07. The van der Waals surface area contributed by atoms with Crippen molar-refractivity contribution < 1.29 is 9.53 Å². The topological polar surface area (TPSA) is 58.6 Å². The van der Waals surface area contributed by atoms with Crippen molar-refractivity contribution >= 4 is 22.6 Å². The van der Waals surface area contributed by atoms with Crippen molar-refractivity contribution in [2.45, 2.75) is 44.9 Å². The van der Waals surface area contributed by atoms with Gasteiger partial charge in [0.2, 0.25) is 11.0 Å². The fourth-order valence-corrected chi connectivity index (χ4v) is 5.08. The van der Waals surface area contributed by atoms with Gasteiger partial charge in [0.1, 0.15) is 11.6 Å². The number of amides is 1. The number of methoxy groups -OCH3 is 1. The number of hydrogen-bond donors (Lipinski definition) is 0. The Balaban J connectivity index is 1.35. The van der Waals surface area contributed by atoms with E-state index < -0.39 is 0 Å². The third-order valence-corrected chi connectivity index (χ3v) is 6.80. The van der Waals surface area contributed by atoms with E-state index in [2.05, 4.69) is 20.2 Å². The fourth-order valence-electron chi connectivity index (χ4n) is 4.35. The molecule has 1 aliphatic heterocycles. The van der Waals surface area contributed by atoms with Crippen molar-refractivity contribution in [3.63, 3.8) is 0 Å². The summed E-state index contributed by atoms with van der Waals surface area (Å²) in [5.41, 5.74) is 1.15. The van der Waals surface area contributed by atoms with Gasteiger partial charge in [-0.1, -0.05) is 31.4 Å². The van der Waals surface area contributed by atoms with Crippen molar-refractivity contribution in [2.24, 2.45) is 5.92 Å². The summed E-state index contributed by atoms with van der Waals surface area (Å²) in [4.78, 5) is 22.0. The summed E-state index contributed by atoms with van der Waals surface area (Å²) in [6.07, 6.45) is 7.53. The lowest BCUT2D eigenvalue weighted by Gasteiger charge is -2.28. The Kier molecular flexibility index (Phi) is 6.64. The zero-order chi connectivity index (χ0) is 20.1. The van der Waals surface area contributed by atoms with E-state index in [4.69, 9.17) is 9.72 Å². The summed E-state index contributed by atoms with van der Waals surface area (Å²) in [6.45, 7) is 3.43. The van der Waals surface area contributed by atoms with Crippen LogP contribution in [0.2, 0.25) is 0 Å². The Morgan fingerprint density at radius 3 is 2.83 bits per heavy atom. The number of carbonyl (C=O) groups excluding carboxylic acids is 1. The number of nitrogens with zero attached hydrogens (tertiary/aromatic N) is 4. The molecule has 2 heterocycles. The van der Waals surface area contributed by atoms with Gasteiger partial charge < -0.3 is 14.5 Å². The van der Waals surface area contributed by atoms with Gasteiger partial charge in [0, 0.05) is 50.1 Å². The van der Waals surface area contributed by atoms with Crippen LogP contribution in [0.15, 0.2) is 24.3 Å². The lowest BCUT2D eigenvalue weighted by molar-refractivity contribution is -0.136. The molecule has 1 saturated heterocycles. The van der Waals surface area contributed by atoms with Gasteiger partial charge in [0.15, 0.2) is 0 Å². The molecule has 2 aliphatic rings. The molecule has 0 unspecified atom stereocenters. The van der Waals surface area contributed by atoms with Crippen LogP contribution in [0.3, 0.4) is 0 Å². The molecule has 156 valence electrons. The van der Waals surface area contributed by atoms with Gasteiger partial charge in [-0.15, -0.1) is 0 Å². The Hall–Kier alpha value is -2.15. The molecule has 0 radical (unpaired) electrons. The summed E-state index contributed by atoms with van der Waals surface area (Å²) in [6, 6.07) is 8.04. The van der Waals surface area contributed by atoms with Crippen molar-refractivity contribution in [1.82, 2.24) is 14.3 Å². The molecular formula is C22H30N4O2S. The molecule has 0 N–H and O–H groups in total. The van der Waals surface area contributed by atoms with Crippen molar-refractivity contribution in [2.75, 3.05) is 38.2 Å². The number of aromatic nitrogens is 2. The van der Waals surface area contributed by atoms with Crippen LogP contribution in [-0.2, 0) is 11.2 Å². The van der Waals surface area contributed by atoms with Gasteiger partial charge >= 0.3 is 0 Å². The van der Waals surface area contributed by atoms with E-state index >= 15 is 0 Å². The summed E-state index contributed by atoms with van der Waals surface area (Å²) >= 11 is 1.46. The van der Waals surface area contributed by atoms with Crippen molar-refractivity contribution in [1.29, 1.82) is 0 Å². The molecular weight excluding hydrogens is 384 g/mol. The molecule has 0 atom stereocenters. The SMILES string of the molecule is COc1cccc(Cc2nsc(N3CCCN(C(=O)C4CCCCC4)CC3)n2)c1. The van der Waals surface area contributed by atoms with E-state index in [9.17, 15) is 4.79 Å². The predicted octanol–water partition coefficient (Wildman–Crippen LogP) is 3.76. The number of ether oxygens (including phenoxy) is 1. The second-order valence-corrected chi connectivity index (χ2v) is 8.75. The summed E-state index contributed by atoms with van der Waals surface area (Å²) in [7, 11) is 1.68. The number of hydrogen-bond acceptors (Lipinski definition) is 6. The lowest BCUT2D eigenvalue weighted by atomic mass is 9.88. The molecule has 1 aliphatic carbocycles. The van der Waals surface area contributed by atoms with Gasteiger partial charge in [-0.25, -0.2) is 4.98 Å². The standard InChI is InChI=1S/C22H30N4O2S/c1-28-19-10-5-7-17(15-19)16-20-23-22(29-24-20)26-12-6-11-25(13-14-26)21(27)18-8-3-2-4-9-18/h5,7,10,15,18H,2-4,6,8-9,11-14,16H2,1H3. The van der Waals surface area contributed by atoms with Crippen LogP contribution >= 0.6 is 11.5 Å². The Morgan fingerprint density at radius 1 is 1.14 bits per heavy atom. The molecule has 1 amide bonds. The summed E-state index contributed by atoms with van der Waals surface area (Å²) in [5, 5.41) is 0.967. The van der Waals surface area contributed by atoms with E-state index in [0.29, 0.717) is 12.3 Å². The van der Waals surface area contributed by atoms with Gasteiger partial charge in [-0.05, 0) is 37.0 Å². The Labute approximate surface area is 177 Å². The number of carbonyl (C=O) groups is 1. The fraction of sp³-hybridized carbons (Fsp3) is 0.591. The molecule has 1 aromatic carbocycles. The van der Waals surface area contributed by atoms with Crippen molar-refractivity contribution in [3.05, 3.63) is 35.7 Å². The lowest BCUT2D eigenvalue weighted by Crippen LogP contribution is -2.39. The van der Waals surface area contributed by atoms with Crippen molar-refractivity contribution in [3.8, 4) is 5.75 Å². The molecule has 7 heteroatoms. The van der Waals surface area contributed by atoms with Crippen LogP contribution in [0.25, 0.3) is 0 Å². The van der Waals surface area contributed by atoms with E-state index in [1.54, 1.807) is 7.11 Å². The minimum atomic E-state index is 0.256. The second kappa shape index (κ2) is 9.57. The Bertz CT molecular complexity index is 819. The average molecular weight is 415 g/mol. The smallest absolute Gasteiger partial charge is 0.225 e. The van der Waals surface area contributed by atoms with Crippen LogP contribution in [0.1, 0.15) is 49.9 Å². The molecule has 0 bridgehead atoms. The zero-order valence-corrected chi connectivity index (χ0v) is 18.0.